The molecular weight excluding hydrogens is 122 g/mol. The van der Waals surface area contributed by atoms with Crippen LogP contribution in [0.1, 0.15) is 40.5 Å². The third kappa shape index (κ3) is 3.21. The second-order valence-corrected chi connectivity index (χ2v) is 3.48. The van der Waals surface area contributed by atoms with Crippen LogP contribution in [-0.4, -0.2) is 6.04 Å². The number of rotatable bonds is 4. The first kappa shape index (κ1) is 9.96. The lowest BCUT2D eigenvalue weighted by atomic mass is 9.87. The van der Waals surface area contributed by atoms with Crippen LogP contribution in [0.4, 0.5) is 0 Å². The van der Waals surface area contributed by atoms with E-state index in [0.717, 1.165) is 5.92 Å². The van der Waals surface area contributed by atoms with Gasteiger partial charge in [-0.3, -0.25) is 0 Å². The molecule has 2 N–H and O–H groups in total. The molecule has 0 aliphatic heterocycles. The average molecular weight is 143 g/mol. The Morgan fingerprint density at radius 1 is 1.20 bits per heavy atom. The Balaban J connectivity index is 3.58. The molecule has 10 heavy (non-hydrogen) atoms. The van der Waals surface area contributed by atoms with Crippen LogP contribution in [-0.2, 0) is 0 Å². The van der Waals surface area contributed by atoms with Gasteiger partial charge in [0.25, 0.3) is 0 Å². The van der Waals surface area contributed by atoms with Crippen LogP contribution in [0.5, 0.6) is 0 Å². The highest BCUT2D eigenvalue weighted by molar-refractivity contribution is 4.69. The molecule has 0 saturated heterocycles. The van der Waals surface area contributed by atoms with E-state index in [4.69, 9.17) is 5.73 Å². The fourth-order valence-electron chi connectivity index (χ4n) is 1.24. The van der Waals surface area contributed by atoms with Gasteiger partial charge in [-0.2, -0.15) is 0 Å². The normalized spacial score (nSPS) is 20.1. The Morgan fingerprint density at radius 2 is 1.70 bits per heavy atom. The van der Waals surface area contributed by atoms with E-state index in [1.807, 2.05) is 0 Å². The summed E-state index contributed by atoms with van der Waals surface area (Å²) < 4.78 is 0. The van der Waals surface area contributed by atoms with Crippen molar-refractivity contribution in [2.24, 2.45) is 17.6 Å². The van der Waals surface area contributed by atoms with Crippen molar-refractivity contribution in [3.05, 3.63) is 0 Å². The van der Waals surface area contributed by atoms with E-state index in [9.17, 15) is 0 Å². The van der Waals surface area contributed by atoms with Crippen molar-refractivity contribution < 1.29 is 0 Å². The van der Waals surface area contributed by atoms with E-state index in [1.54, 1.807) is 0 Å². The van der Waals surface area contributed by atoms with Crippen molar-refractivity contribution >= 4 is 0 Å². The number of nitrogens with two attached hydrogens (primary N) is 1. The summed E-state index contributed by atoms with van der Waals surface area (Å²) in [5.74, 6) is 1.45. The van der Waals surface area contributed by atoms with Gasteiger partial charge in [-0.15, -0.1) is 0 Å². The zero-order valence-corrected chi connectivity index (χ0v) is 7.72. The number of hydrogen-bond acceptors (Lipinski definition) is 1. The average Bonchev–Trinajstić information content (AvgIpc) is 1.87. The summed E-state index contributed by atoms with van der Waals surface area (Å²) in [5.41, 5.74) is 5.77. The summed E-state index contributed by atoms with van der Waals surface area (Å²) in [5, 5.41) is 0. The van der Waals surface area contributed by atoms with Crippen molar-refractivity contribution in [2.75, 3.05) is 0 Å². The lowest BCUT2D eigenvalue weighted by Crippen LogP contribution is -2.28. The highest BCUT2D eigenvalue weighted by Crippen LogP contribution is 2.18. The van der Waals surface area contributed by atoms with E-state index in [2.05, 4.69) is 27.7 Å². The fraction of sp³-hybridized carbons (Fsp3) is 1.00. The second-order valence-electron chi connectivity index (χ2n) is 3.48. The predicted octanol–water partition coefficient (Wildman–Crippen LogP) is 2.41. The molecule has 0 fully saturated rings. The van der Waals surface area contributed by atoms with Gasteiger partial charge in [0.2, 0.25) is 0 Å². The van der Waals surface area contributed by atoms with Crippen molar-refractivity contribution in [3.63, 3.8) is 0 Å². The van der Waals surface area contributed by atoms with Gasteiger partial charge >= 0.3 is 0 Å². The maximum absolute atomic E-state index is 5.77. The zero-order chi connectivity index (χ0) is 8.15. The summed E-state index contributed by atoms with van der Waals surface area (Å²) in [6.07, 6.45) is 2.58. The minimum Gasteiger partial charge on any atom is -0.328 e. The quantitative estimate of drug-likeness (QED) is 0.642. The van der Waals surface area contributed by atoms with Gasteiger partial charge in [-0.05, 0) is 18.8 Å². The summed E-state index contributed by atoms with van der Waals surface area (Å²) in [6, 6.07) is 0.349. The molecule has 0 bridgehead atoms. The van der Waals surface area contributed by atoms with Gasteiger partial charge in [0, 0.05) is 6.04 Å². The Morgan fingerprint density at radius 3 is 2.00 bits per heavy atom. The standard InChI is InChI=1S/C9H21N/c1-5-6-7(2)8(3)9(4)10/h7-9H,5-6,10H2,1-4H3/t7-,8?,9-/m0/s1. The SMILES string of the molecule is CCC[C@H](C)C(C)[C@H](C)N. The molecule has 0 heterocycles. The van der Waals surface area contributed by atoms with Crippen LogP contribution in [0.3, 0.4) is 0 Å². The lowest BCUT2D eigenvalue weighted by molar-refractivity contribution is 0.318. The van der Waals surface area contributed by atoms with Gasteiger partial charge in [0.1, 0.15) is 0 Å². The largest absolute Gasteiger partial charge is 0.328 e. The van der Waals surface area contributed by atoms with E-state index >= 15 is 0 Å². The minimum absolute atomic E-state index is 0.349. The van der Waals surface area contributed by atoms with Crippen molar-refractivity contribution in [1.29, 1.82) is 0 Å². The first-order valence-corrected chi connectivity index (χ1v) is 4.35. The van der Waals surface area contributed by atoms with Crippen molar-refractivity contribution in [1.82, 2.24) is 0 Å². The molecule has 3 atom stereocenters. The van der Waals surface area contributed by atoms with Crippen molar-refractivity contribution in [3.8, 4) is 0 Å². The first-order chi connectivity index (χ1) is 4.59. The van der Waals surface area contributed by atoms with Gasteiger partial charge < -0.3 is 5.73 Å². The Labute approximate surface area is 65.0 Å². The van der Waals surface area contributed by atoms with Crippen molar-refractivity contribution in [2.45, 2.75) is 46.6 Å². The third-order valence-corrected chi connectivity index (χ3v) is 2.47. The predicted molar refractivity (Wildman–Crippen MR) is 46.9 cm³/mol. The molecule has 0 aliphatic carbocycles. The maximum Gasteiger partial charge on any atom is 0.00386 e. The highest BCUT2D eigenvalue weighted by atomic mass is 14.6. The zero-order valence-electron chi connectivity index (χ0n) is 7.72. The molecule has 0 amide bonds. The molecule has 1 unspecified atom stereocenters. The van der Waals surface area contributed by atoms with Crippen LogP contribution < -0.4 is 5.73 Å². The highest BCUT2D eigenvalue weighted by Gasteiger charge is 2.14. The monoisotopic (exact) mass is 143 g/mol. The van der Waals surface area contributed by atoms with Gasteiger partial charge in [-0.1, -0.05) is 33.6 Å². The van der Waals surface area contributed by atoms with E-state index < -0.39 is 0 Å². The van der Waals surface area contributed by atoms with E-state index in [-0.39, 0.29) is 0 Å². The van der Waals surface area contributed by atoms with Crippen LogP contribution in [0.25, 0.3) is 0 Å². The molecule has 0 aromatic carbocycles. The van der Waals surface area contributed by atoms with Crippen LogP contribution in [0, 0.1) is 11.8 Å². The van der Waals surface area contributed by atoms with Crippen LogP contribution in [0.2, 0.25) is 0 Å². The summed E-state index contributed by atoms with van der Waals surface area (Å²) in [4.78, 5) is 0. The fourth-order valence-corrected chi connectivity index (χ4v) is 1.24. The van der Waals surface area contributed by atoms with E-state index in [0.29, 0.717) is 12.0 Å². The summed E-state index contributed by atoms with van der Waals surface area (Å²) in [7, 11) is 0. The molecule has 0 aromatic rings. The molecular formula is C9H21N. The number of hydrogen-bond donors (Lipinski definition) is 1. The Hall–Kier alpha value is -0.0400. The Kier molecular flexibility index (Phi) is 4.71. The van der Waals surface area contributed by atoms with Crippen LogP contribution >= 0.6 is 0 Å². The van der Waals surface area contributed by atoms with Gasteiger partial charge in [0.15, 0.2) is 0 Å². The topological polar surface area (TPSA) is 26.0 Å². The van der Waals surface area contributed by atoms with Gasteiger partial charge in [0.05, 0.1) is 0 Å². The molecule has 0 spiro atoms. The molecule has 0 radical (unpaired) electrons. The smallest absolute Gasteiger partial charge is 0.00386 e. The minimum atomic E-state index is 0.349. The molecule has 1 nitrogen and oxygen atoms in total. The molecule has 1 heteroatoms. The van der Waals surface area contributed by atoms with Crippen LogP contribution in [0.15, 0.2) is 0 Å². The Bertz CT molecular complexity index is 78.8. The molecule has 0 rings (SSSR count). The lowest BCUT2D eigenvalue weighted by Gasteiger charge is -2.22. The molecule has 0 saturated carbocycles. The first-order valence-electron chi connectivity index (χ1n) is 4.35. The molecule has 62 valence electrons. The maximum atomic E-state index is 5.77. The van der Waals surface area contributed by atoms with Gasteiger partial charge in [-0.25, -0.2) is 0 Å². The molecule has 0 aliphatic rings. The summed E-state index contributed by atoms with van der Waals surface area (Å²) >= 11 is 0. The van der Waals surface area contributed by atoms with E-state index in [1.165, 1.54) is 12.8 Å². The second kappa shape index (κ2) is 4.73. The summed E-state index contributed by atoms with van der Waals surface area (Å²) in [6.45, 7) is 8.85. The third-order valence-electron chi connectivity index (χ3n) is 2.47. The molecule has 0 aromatic heterocycles.